The number of carboxylic acid groups (broad SMARTS) is 1. The highest BCUT2D eigenvalue weighted by atomic mass is 32.2. The van der Waals surface area contributed by atoms with E-state index in [2.05, 4.69) is 15.3 Å². The molecule has 21 heavy (non-hydrogen) atoms. The lowest BCUT2D eigenvalue weighted by Gasteiger charge is -2.13. The van der Waals surface area contributed by atoms with Crippen LogP contribution in [0.2, 0.25) is 0 Å². The third-order valence-corrected chi connectivity index (χ3v) is 3.65. The number of aryl methyl sites for hydroxylation is 1. The summed E-state index contributed by atoms with van der Waals surface area (Å²) in [6.07, 6.45) is 0. The van der Waals surface area contributed by atoms with Gasteiger partial charge in [-0.15, -0.1) is 0 Å². The molecule has 1 heterocycles. The first-order valence-electron chi connectivity index (χ1n) is 6.14. The standard InChI is InChI=1S/C12H17N3O5S/c1-6-8(11(17)18)10(15-12(19)14-6)21-7(2)9(16)13-4-5-20-3/h7H,4-5H2,1-3H3,(H,13,16)(H,17,18)(H,14,15,19). The van der Waals surface area contributed by atoms with Gasteiger partial charge in [0, 0.05) is 19.3 Å². The van der Waals surface area contributed by atoms with Crippen LogP contribution >= 0.6 is 11.8 Å². The summed E-state index contributed by atoms with van der Waals surface area (Å²) in [5.41, 5.74) is -0.542. The van der Waals surface area contributed by atoms with Gasteiger partial charge in [0.15, 0.2) is 0 Å². The van der Waals surface area contributed by atoms with Gasteiger partial charge in [-0.05, 0) is 13.8 Å². The zero-order valence-electron chi connectivity index (χ0n) is 11.9. The number of carbonyl (C=O) groups excluding carboxylic acids is 1. The highest BCUT2D eigenvalue weighted by molar-refractivity contribution is 8.00. The van der Waals surface area contributed by atoms with Crippen LogP contribution in [0.5, 0.6) is 0 Å². The topological polar surface area (TPSA) is 121 Å². The van der Waals surface area contributed by atoms with Crippen molar-refractivity contribution in [3.8, 4) is 0 Å². The number of rotatable bonds is 7. The second-order valence-electron chi connectivity index (χ2n) is 4.20. The fraction of sp³-hybridized carbons (Fsp3) is 0.500. The first-order chi connectivity index (χ1) is 9.86. The number of hydrogen-bond acceptors (Lipinski definition) is 6. The number of methoxy groups -OCH3 is 1. The van der Waals surface area contributed by atoms with Crippen LogP contribution < -0.4 is 11.0 Å². The molecule has 3 N–H and O–H groups in total. The van der Waals surface area contributed by atoms with Gasteiger partial charge >= 0.3 is 11.7 Å². The predicted molar refractivity (Wildman–Crippen MR) is 76.8 cm³/mol. The molecule has 0 saturated heterocycles. The van der Waals surface area contributed by atoms with Crippen molar-refractivity contribution in [2.45, 2.75) is 24.1 Å². The Morgan fingerprint density at radius 1 is 1.52 bits per heavy atom. The lowest BCUT2D eigenvalue weighted by Crippen LogP contribution is -2.33. The number of H-pyrrole nitrogens is 1. The summed E-state index contributed by atoms with van der Waals surface area (Å²) in [6, 6.07) is 0. The molecule has 0 fully saturated rings. The van der Waals surface area contributed by atoms with Gasteiger partial charge in [-0.3, -0.25) is 4.79 Å². The average Bonchev–Trinajstić information content (AvgIpc) is 2.37. The Morgan fingerprint density at radius 2 is 2.19 bits per heavy atom. The minimum atomic E-state index is -1.20. The summed E-state index contributed by atoms with van der Waals surface area (Å²) in [6.45, 7) is 3.82. The molecule has 0 radical (unpaired) electrons. The normalized spacial score (nSPS) is 12.0. The van der Waals surface area contributed by atoms with Gasteiger partial charge in [0.05, 0.1) is 11.9 Å². The summed E-state index contributed by atoms with van der Waals surface area (Å²) < 4.78 is 4.82. The summed E-state index contributed by atoms with van der Waals surface area (Å²) in [5, 5.41) is 11.2. The molecule has 0 aliphatic heterocycles. The van der Waals surface area contributed by atoms with Crippen molar-refractivity contribution in [2.75, 3.05) is 20.3 Å². The van der Waals surface area contributed by atoms with E-state index in [0.717, 1.165) is 11.8 Å². The van der Waals surface area contributed by atoms with Crippen molar-refractivity contribution in [1.29, 1.82) is 0 Å². The predicted octanol–water partition coefficient (Wildman–Crippen LogP) is 0.0197. The third-order valence-electron chi connectivity index (χ3n) is 2.56. The number of thioether (sulfide) groups is 1. The maximum Gasteiger partial charge on any atom is 0.346 e. The molecule has 1 aromatic heterocycles. The van der Waals surface area contributed by atoms with Gasteiger partial charge < -0.3 is 20.1 Å². The Hall–Kier alpha value is -1.87. The number of nitrogens with zero attached hydrogens (tertiary/aromatic N) is 1. The number of hydrogen-bond donors (Lipinski definition) is 3. The fourth-order valence-electron chi connectivity index (χ4n) is 1.54. The van der Waals surface area contributed by atoms with E-state index in [0.29, 0.717) is 13.2 Å². The molecule has 0 aromatic carbocycles. The van der Waals surface area contributed by atoms with Crippen molar-refractivity contribution >= 4 is 23.6 Å². The number of amides is 1. The fourth-order valence-corrected chi connectivity index (χ4v) is 2.56. The van der Waals surface area contributed by atoms with Gasteiger partial charge in [-0.2, -0.15) is 4.98 Å². The van der Waals surface area contributed by atoms with E-state index in [1.165, 1.54) is 14.0 Å². The lowest BCUT2D eigenvalue weighted by atomic mass is 10.2. The van der Waals surface area contributed by atoms with E-state index < -0.39 is 16.9 Å². The Balaban J connectivity index is 2.89. The van der Waals surface area contributed by atoms with Gasteiger partial charge in [-0.25, -0.2) is 9.59 Å². The number of ether oxygens (including phenoxy) is 1. The summed E-state index contributed by atoms with van der Waals surface area (Å²) >= 11 is 0.928. The van der Waals surface area contributed by atoms with Crippen LogP contribution in [0.25, 0.3) is 0 Å². The number of aromatic carboxylic acids is 1. The van der Waals surface area contributed by atoms with Gasteiger partial charge in [0.2, 0.25) is 5.91 Å². The molecule has 0 saturated carbocycles. The molecule has 0 aliphatic rings. The summed E-state index contributed by atoms with van der Waals surface area (Å²) in [5.74, 6) is -1.49. The van der Waals surface area contributed by atoms with E-state index in [-0.39, 0.29) is 22.2 Å². The van der Waals surface area contributed by atoms with Gasteiger partial charge in [-0.1, -0.05) is 11.8 Å². The van der Waals surface area contributed by atoms with Crippen LogP contribution in [0.15, 0.2) is 9.82 Å². The Labute approximate surface area is 125 Å². The highest BCUT2D eigenvalue weighted by Crippen LogP contribution is 2.25. The van der Waals surface area contributed by atoms with E-state index in [9.17, 15) is 14.4 Å². The molecule has 9 heteroatoms. The molecule has 116 valence electrons. The molecule has 0 spiro atoms. The van der Waals surface area contributed by atoms with Crippen LogP contribution in [0.4, 0.5) is 0 Å². The average molecular weight is 315 g/mol. The molecule has 1 amide bonds. The lowest BCUT2D eigenvalue weighted by molar-refractivity contribution is -0.120. The van der Waals surface area contributed by atoms with Crippen LogP contribution in [-0.4, -0.2) is 52.5 Å². The SMILES string of the molecule is COCCNC(=O)C(C)Sc1nc(=O)[nH]c(C)c1C(=O)O. The number of carboxylic acids is 1. The van der Waals surface area contributed by atoms with Crippen molar-refractivity contribution in [3.05, 3.63) is 21.7 Å². The minimum Gasteiger partial charge on any atom is -0.478 e. The van der Waals surface area contributed by atoms with E-state index >= 15 is 0 Å². The Morgan fingerprint density at radius 3 is 2.76 bits per heavy atom. The second-order valence-corrected chi connectivity index (χ2v) is 5.53. The molecule has 0 aliphatic carbocycles. The molecule has 8 nitrogen and oxygen atoms in total. The number of aromatic amines is 1. The Kier molecular flexibility index (Phi) is 6.38. The molecular formula is C12H17N3O5S. The summed E-state index contributed by atoms with van der Waals surface area (Å²) in [4.78, 5) is 40.4. The van der Waals surface area contributed by atoms with Crippen LogP contribution in [0, 0.1) is 6.92 Å². The maximum absolute atomic E-state index is 11.8. The Bertz CT molecular complexity index is 587. The van der Waals surface area contributed by atoms with Crippen LogP contribution in [0.1, 0.15) is 23.0 Å². The first kappa shape index (κ1) is 17.2. The molecular weight excluding hydrogens is 298 g/mol. The molecule has 1 rings (SSSR count). The van der Waals surface area contributed by atoms with E-state index in [1.807, 2.05) is 0 Å². The maximum atomic E-state index is 11.8. The quantitative estimate of drug-likeness (QED) is 0.368. The molecule has 1 atom stereocenters. The molecule has 1 unspecified atom stereocenters. The highest BCUT2D eigenvalue weighted by Gasteiger charge is 2.22. The summed E-state index contributed by atoms with van der Waals surface area (Å²) in [7, 11) is 1.52. The third kappa shape index (κ3) is 4.87. The smallest absolute Gasteiger partial charge is 0.346 e. The van der Waals surface area contributed by atoms with Crippen LogP contribution in [-0.2, 0) is 9.53 Å². The zero-order valence-corrected chi connectivity index (χ0v) is 12.7. The largest absolute Gasteiger partial charge is 0.478 e. The van der Waals surface area contributed by atoms with Crippen molar-refractivity contribution in [1.82, 2.24) is 15.3 Å². The first-order valence-corrected chi connectivity index (χ1v) is 7.02. The zero-order chi connectivity index (χ0) is 16.0. The van der Waals surface area contributed by atoms with Crippen molar-refractivity contribution < 1.29 is 19.4 Å². The number of nitrogens with one attached hydrogen (secondary N) is 2. The van der Waals surface area contributed by atoms with E-state index in [4.69, 9.17) is 9.84 Å². The number of aromatic nitrogens is 2. The second kappa shape index (κ2) is 7.79. The minimum absolute atomic E-state index is 0.0261. The van der Waals surface area contributed by atoms with Crippen LogP contribution in [0.3, 0.4) is 0 Å². The van der Waals surface area contributed by atoms with Crippen molar-refractivity contribution in [3.63, 3.8) is 0 Å². The molecule has 1 aromatic rings. The van der Waals surface area contributed by atoms with E-state index in [1.54, 1.807) is 6.92 Å². The van der Waals surface area contributed by atoms with Gasteiger partial charge in [0.25, 0.3) is 0 Å². The number of carbonyl (C=O) groups is 2. The molecule has 0 bridgehead atoms. The van der Waals surface area contributed by atoms with Gasteiger partial charge in [0.1, 0.15) is 10.6 Å². The monoisotopic (exact) mass is 315 g/mol. The van der Waals surface area contributed by atoms with Crippen molar-refractivity contribution in [2.24, 2.45) is 0 Å².